The predicted octanol–water partition coefficient (Wildman–Crippen LogP) is 4.14. The SMILES string of the molecule is O=C(CCN1CCN(c2ccccc2)CC1)Nc1cc(Cl)cc(Cl)c1. The lowest BCUT2D eigenvalue weighted by atomic mass is 10.2. The van der Waals surface area contributed by atoms with Crippen molar-refractivity contribution in [3.63, 3.8) is 0 Å². The van der Waals surface area contributed by atoms with E-state index in [2.05, 4.69) is 39.4 Å². The Hall–Kier alpha value is -1.75. The molecule has 1 saturated heterocycles. The van der Waals surface area contributed by atoms with E-state index in [1.165, 1.54) is 5.69 Å². The van der Waals surface area contributed by atoms with Gasteiger partial charge < -0.3 is 10.2 Å². The second kappa shape index (κ2) is 8.56. The van der Waals surface area contributed by atoms with Gasteiger partial charge in [0, 0.05) is 60.6 Å². The van der Waals surface area contributed by atoms with Crippen molar-refractivity contribution in [3.8, 4) is 0 Å². The van der Waals surface area contributed by atoms with E-state index in [0.29, 0.717) is 22.2 Å². The van der Waals surface area contributed by atoms with Crippen molar-refractivity contribution >= 4 is 40.5 Å². The molecule has 0 atom stereocenters. The number of hydrogen-bond donors (Lipinski definition) is 1. The topological polar surface area (TPSA) is 35.6 Å². The van der Waals surface area contributed by atoms with E-state index < -0.39 is 0 Å². The number of carbonyl (C=O) groups excluding carboxylic acids is 1. The standard InChI is InChI=1S/C19H21Cl2N3O/c20-15-12-16(21)14-17(13-15)22-19(25)6-7-23-8-10-24(11-9-23)18-4-2-1-3-5-18/h1-5,12-14H,6-11H2,(H,22,25). The van der Waals surface area contributed by atoms with E-state index in [1.54, 1.807) is 18.2 Å². The van der Waals surface area contributed by atoms with Gasteiger partial charge in [-0.15, -0.1) is 0 Å². The molecule has 6 heteroatoms. The fourth-order valence-corrected chi connectivity index (χ4v) is 3.50. The molecule has 132 valence electrons. The maximum absolute atomic E-state index is 12.1. The van der Waals surface area contributed by atoms with Crippen molar-refractivity contribution in [1.29, 1.82) is 0 Å². The van der Waals surface area contributed by atoms with Crippen LogP contribution in [-0.4, -0.2) is 43.5 Å². The molecule has 0 spiro atoms. The van der Waals surface area contributed by atoms with Crippen LogP contribution in [0.15, 0.2) is 48.5 Å². The van der Waals surface area contributed by atoms with Gasteiger partial charge in [0.1, 0.15) is 0 Å². The lowest BCUT2D eigenvalue weighted by molar-refractivity contribution is -0.116. The highest BCUT2D eigenvalue weighted by molar-refractivity contribution is 6.35. The zero-order valence-corrected chi connectivity index (χ0v) is 15.4. The van der Waals surface area contributed by atoms with Crippen molar-refractivity contribution in [2.75, 3.05) is 42.9 Å². The molecule has 1 aliphatic heterocycles. The summed E-state index contributed by atoms with van der Waals surface area (Å²) >= 11 is 11.9. The molecule has 0 saturated carbocycles. The Morgan fingerprint density at radius 1 is 0.960 bits per heavy atom. The van der Waals surface area contributed by atoms with Crippen LogP contribution in [0.25, 0.3) is 0 Å². The zero-order chi connectivity index (χ0) is 17.6. The minimum absolute atomic E-state index is 0.0242. The third-order valence-corrected chi connectivity index (χ3v) is 4.73. The first-order valence-corrected chi connectivity index (χ1v) is 9.14. The molecule has 0 bridgehead atoms. The van der Waals surface area contributed by atoms with Crippen LogP contribution >= 0.6 is 23.2 Å². The van der Waals surface area contributed by atoms with Gasteiger partial charge in [-0.2, -0.15) is 0 Å². The molecule has 25 heavy (non-hydrogen) atoms. The zero-order valence-electron chi connectivity index (χ0n) is 13.9. The van der Waals surface area contributed by atoms with Crippen LogP contribution in [0.5, 0.6) is 0 Å². The van der Waals surface area contributed by atoms with Gasteiger partial charge in [0.25, 0.3) is 0 Å². The van der Waals surface area contributed by atoms with Gasteiger partial charge in [-0.3, -0.25) is 9.69 Å². The molecule has 1 fully saturated rings. The Kier molecular flexibility index (Phi) is 6.19. The van der Waals surface area contributed by atoms with Crippen LogP contribution in [0.3, 0.4) is 0 Å². The van der Waals surface area contributed by atoms with E-state index in [9.17, 15) is 4.79 Å². The summed E-state index contributed by atoms with van der Waals surface area (Å²) in [5.74, 6) is -0.0242. The first kappa shape index (κ1) is 18.1. The highest BCUT2D eigenvalue weighted by Crippen LogP contribution is 2.22. The van der Waals surface area contributed by atoms with Gasteiger partial charge in [0.15, 0.2) is 0 Å². The largest absolute Gasteiger partial charge is 0.369 e. The Morgan fingerprint density at radius 2 is 1.60 bits per heavy atom. The first-order chi connectivity index (χ1) is 12.1. The quantitative estimate of drug-likeness (QED) is 0.849. The second-order valence-electron chi connectivity index (χ2n) is 6.12. The molecule has 1 aliphatic rings. The van der Waals surface area contributed by atoms with E-state index >= 15 is 0 Å². The summed E-state index contributed by atoms with van der Waals surface area (Å²) in [5, 5.41) is 3.88. The third-order valence-electron chi connectivity index (χ3n) is 4.30. The Balaban J connectivity index is 1.43. The van der Waals surface area contributed by atoms with Crippen molar-refractivity contribution in [2.24, 2.45) is 0 Å². The summed E-state index contributed by atoms with van der Waals surface area (Å²) in [7, 11) is 0. The number of nitrogens with one attached hydrogen (secondary N) is 1. The fourth-order valence-electron chi connectivity index (χ4n) is 2.98. The monoisotopic (exact) mass is 377 g/mol. The first-order valence-electron chi connectivity index (χ1n) is 8.38. The maximum atomic E-state index is 12.1. The lowest BCUT2D eigenvalue weighted by Crippen LogP contribution is -2.47. The van der Waals surface area contributed by atoms with Crippen molar-refractivity contribution in [1.82, 2.24) is 4.90 Å². The third kappa shape index (κ3) is 5.36. The van der Waals surface area contributed by atoms with Crippen LogP contribution in [-0.2, 0) is 4.79 Å². The van der Waals surface area contributed by atoms with E-state index in [4.69, 9.17) is 23.2 Å². The predicted molar refractivity (Wildman–Crippen MR) is 105 cm³/mol. The summed E-state index contributed by atoms with van der Waals surface area (Å²) in [6, 6.07) is 15.5. The van der Waals surface area contributed by atoms with Crippen LogP contribution < -0.4 is 10.2 Å². The number of amides is 1. The number of halogens is 2. The molecular weight excluding hydrogens is 357 g/mol. The Labute approximate surface area is 158 Å². The normalized spacial score (nSPS) is 15.2. The number of rotatable bonds is 5. The van der Waals surface area contributed by atoms with Gasteiger partial charge in [0.05, 0.1) is 0 Å². The van der Waals surface area contributed by atoms with Gasteiger partial charge in [0.2, 0.25) is 5.91 Å². The Morgan fingerprint density at radius 3 is 2.24 bits per heavy atom. The molecule has 4 nitrogen and oxygen atoms in total. The van der Waals surface area contributed by atoms with Crippen LogP contribution in [0.4, 0.5) is 11.4 Å². The van der Waals surface area contributed by atoms with Gasteiger partial charge in [-0.25, -0.2) is 0 Å². The molecule has 2 aromatic rings. The number of piperazine rings is 1. The second-order valence-corrected chi connectivity index (χ2v) is 6.99. The number of carbonyl (C=O) groups is 1. The van der Waals surface area contributed by atoms with Crippen LogP contribution in [0, 0.1) is 0 Å². The average Bonchev–Trinajstić information content (AvgIpc) is 2.60. The summed E-state index contributed by atoms with van der Waals surface area (Å²) in [6.45, 7) is 4.64. The summed E-state index contributed by atoms with van der Waals surface area (Å²) in [4.78, 5) is 16.8. The molecule has 3 rings (SSSR count). The fraction of sp³-hybridized carbons (Fsp3) is 0.316. The smallest absolute Gasteiger partial charge is 0.225 e. The Bertz CT molecular complexity index is 696. The maximum Gasteiger partial charge on any atom is 0.225 e. The molecule has 1 heterocycles. The van der Waals surface area contributed by atoms with Crippen molar-refractivity contribution in [2.45, 2.75) is 6.42 Å². The minimum Gasteiger partial charge on any atom is -0.369 e. The van der Waals surface area contributed by atoms with Gasteiger partial charge >= 0.3 is 0 Å². The number of benzene rings is 2. The average molecular weight is 378 g/mol. The van der Waals surface area contributed by atoms with E-state index in [-0.39, 0.29) is 5.91 Å². The number of anilines is 2. The summed E-state index contributed by atoms with van der Waals surface area (Å²) < 4.78 is 0. The van der Waals surface area contributed by atoms with Gasteiger partial charge in [-0.05, 0) is 30.3 Å². The van der Waals surface area contributed by atoms with Crippen molar-refractivity contribution in [3.05, 3.63) is 58.6 Å². The van der Waals surface area contributed by atoms with Gasteiger partial charge in [-0.1, -0.05) is 41.4 Å². The molecule has 0 aliphatic carbocycles. The number of hydrogen-bond acceptors (Lipinski definition) is 3. The summed E-state index contributed by atoms with van der Waals surface area (Å²) in [5.41, 5.74) is 1.90. The molecular formula is C19H21Cl2N3O. The highest BCUT2D eigenvalue weighted by atomic mass is 35.5. The minimum atomic E-state index is -0.0242. The van der Waals surface area contributed by atoms with Crippen LogP contribution in [0.2, 0.25) is 10.0 Å². The summed E-state index contributed by atoms with van der Waals surface area (Å²) in [6.07, 6.45) is 0.454. The molecule has 0 aromatic heterocycles. The molecule has 1 N–H and O–H groups in total. The van der Waals surface area contributed by atoms with E-state index in [1.807, 2.05) is 6.07 Å². The number of nitrogens with zero attached hydrogens (tertiary/aromatic N) is 2. The highest BCUT2D eigenvalue weighted by Gasteiger charge is 2.17. The molecule has 2 aromatic carbocycles. The van der Waals surface area contributed by atoms with E-state index in [0.717, 1.165) is 32.7 Å². The molecule has 0 unspecified atom stereocenters. The number of para-hydroxylation sites is 1. The van der Waals surface area contributed by atoms with Crippen molar-refractivity contribution < 1.29 is 4.79 Å². The molecule has 1 amide bonds. The molecule has 0 radical (unpaired) electrons. The van der Waals surface area contributed by atoms with Crippen LogP contribution in [0.1, 0.15) is 6.42 Å². The lowest BCUT2D eigenvalue weighted by Gasteiger charge is -2.36.